The minimum Gasteiger partial charge on any atom is -0.457 e. The van der Waals surface area contributed by atoms with Crippen molar-refractivity contribution in [2.24, 2.45) is 0 Å². The summed E-state index contributed by atoms with van der Waals surface area (Å²) in [4.78, 5) is 22.9. The number of ether oxygens (including phenoxy) is 2. The molecule has 60 heavy (non-hydrogen) atoms. The lowest BCUT2D eigenvalue weighted by Crippen LogP contribution is -2.37. The zero-order valence-electron chi connectivity index (χ0n) is 38.9. The maximum atomic E-state index is 12.7. The van der Waals surface area contributed by atoms with Crippen molar-refractivity contribution < 1.29 is 37.3 Å². The van der Waals surface area contributed by atoms with Gasteiger partial charge in [-0.05, 0) is 83.5 Å². The van der Waals surface area contributed by atoms with E-state index in [4.69, 9.17) is 18.5 Å². The van der Waals surface area contributed by atoms with Crippen LogP contribution in [0.15, 0.2) is 97.2 Å². The molecule has 2 atom stereocenters. The first kappa shape index (κ1) is 57.4. The van der Waals surface area contributed by atoms with E-state index in [0.717, 1.165) is 57.8 Å². The lowest BCUT2D eigenvalue weighted by Gasteiger charge is -2.24. The van der Waals surface area contributed by atoms with Gasteiger partial charge in [-0.15, -0.1) is 0 Å². The molecular weight excluding hydrogens is 770 g/mol. The minimum absolute atomic E-state index is 0.0684. The molecule has 0 aliphatic rings. The maximum Gasteiger partial charge on any atom is 0.472 e. The van der Waals surface area contributed by atoms with E-state index in [1.807, 2.05) is 33.3 Å². The average Bonchev–Trinajstić information content (AvgIpc) is 3.20. The van der Waals surface area contributed by atoms with E-state index in [9.17, 15) is 14.3 Å². The Morgan fingerprint density at radius 2 is 0.967 bits per heavy atom. The van der Waals surface area contributed by atoms with Crippen molar-refractivity contribution >= 4 is 13.8 Å². The molecule has 0 fully saturated rings. The van der Waals surface area contributed by atoms with E-state index in [1.54, 1.807) is 0 Å². The summed E-state index contributed by atoms with van der Waals surface area (Å²) >= 11 is 0. The molecular formula is C51H89NO7P+. The van der Waals surface area contributed by atoms with Gasteiger partial charge >= 0.3 is 13.8 Å². The Balaban J connectivity index is 4.36. The molecule has 0 saturated carbocycles. The fourth-order valence-electron chi connectivity index (χ4n) is 5.78. The molecule has 344 valence electrons. The van der Waals surface area contributed by atoms with Crippen molar-refractivity contribution in [2.45, 2.75) is 168 Å². The van der Waals surface area contributed by atoms with E-state index < -0.39 is 19.9 Å². The van der Waals surface area contributed by atoms with E-state index in [2.05, 4.69) is 98.9 Å². The summed E-state index contributed by atoms with van der Waals surface area (Å²) in [6.07, 6.45) is 58.9. The number of hydrogen-bond acceptors (Lipinski definition) is 6. The molecule has 0 radical (unpaired) electrons. The molecule has 0 bridgehead atoms. The van der Waals surface area contributed by atoms with Crippen LogP contribution < -0.4 is 0 Å². The highest BCUT2D eigenvalue weighted by molar-refractivity contribution is 7.47. The van der Waals surface area contributed by atoms with Gasteiger partial charge in [-0.3, -0.25) is 13.8 Å². The third-order valence-electron chi connectivity index (χ3n) is 9.39. The van der Waals surface area contributed by atoms with Crippen molar-refractivity contribution in [3.63, 3.8) is 0 Å². The first-order valence-electron chi connectivity index (χ1n) is 23.5. The maximum absolute atomic E-state index is 12.7. The quantitative estimate of drug-likeness (QED) is 0.0215. The second-order valence-corrected chi connectivity index (χ2v) is 17.9. The largest absolute Gasteiger partial charge is 0.472 e. The van der Waals surface area contributed by atoms with E-state index in [-0.39, 0.29) is 26.2 Å². The Labute approximate surface area is 368 Å². The number of allylic oxidation sites excluding steroid dienone is 16. The summed E-state index contributed by atoms with van der Waals surface area (Å²) in [5.41, 5.74) is 0. The molecule has 0 aliphatic heterocycles. The van der Waals surface area contributed by atoms with Gasteiger partial charge in [0.2, 0.25) is 0 Å². The second kappa shape index (κ2) is 43.1. The van der Waals surface area contributed by atoms with Gasteiger partial charge in [0.15, 0.2) is 0 Å². The number of esters is 1. The van der Waals surface area contributed by atoms with E-state index in [1.165, 1.54) is 77.0 Å². The predicted octanol–water partition coefficient (Wildman–Crippen LogP) is 14.2. The number of hydrogen-bond donors (Lipinski definition) is 1. The lowest BCUT2D eigenvalue weighted by atomic mass is 10.1. The number of rotatable bonds is 42. The van der Waals surface area contributed by atoms with Gasteiger partial charge in [0.05, 0.1) is 34.4 Å². The average molecular weight is 859 g/mol. The molecule has 0 aromatic carbocycles. The topological polar surface area (TPSA) is 91.3 Å². The summed E-state index contributed by atoms with van der Waals surface area (Å²) in [7, 11) is 1.60. The zero-order valence-corrected chi connectivity index (χ0v) is 39.8. The molecule has 0 rings (SSSR count). The van der Waals surface area contributed by atoms with Crippen LogP contribution in [0.25, 0.3) is 0 Å². The number of carbonyl (C=O) groups excluding carboxylic acids is 1. The van der Waals surface area contributed by atoms with Crippen molar-refractivity contribution in [1.82, 2.24) is 0 Å². The normalized spacial score (nSPS) is 14.6. The summed E-state index contributed by atoms with van der Waals surface area (Å²) in [6, 6.07) is 0. The molecule has 9 heteroatoms. The van der Waals surface area contributed by atoms with Crippen LogP contribution in [-0.4, -0.2) is 75.6 Å². The highest BCUT2D eigenvalue weighted by Gasteiger charge is 2.26. The van der Waals surface area contributed by atoms with Crippen LogP contribution >= 0.6 is 7.82 Å². The summed E-state index contributed by atoms with van der Waals surface area (Å²) in [5, 5.41) is 0. The molecule has 0 aliphatic carbocycles. The molecule has 0 amide bonds. The lowest BCUT2D eigenvalue weighted by molar-refractivity contribution is -0.870. The Kier molecular flexibility index (Phi) is 41.2. The first-order chi connectivity index (χ1) is 29.1. The number of unbranched alkanes of at least 4 members (excludes halogenated alkanes) is 12. The van der Waals surface area contributed by atoms with Gasteiger partial charge < -0.3 is 18.9 Å². The fourth-order valence-corrected chi connectivity index (χ4v) is 6.53. The van der Waals surface area contributed by atoms with Crippen LogP contribution in [0.2, 0.25) is 0 Å². The number of likely N-dealkylation sites (N-methyl/N-ethyl adjacent to an activating group) is 1. The summed E-state index contributed by atoms with van der Waals surface area (Å²) < 4.78 is 35.0. The first-order valence-corrected chi connectivity index (χ1v) is 25.0. The van der Waals surface area contributed by atoms with Gasteiger partial charge in [-0.2, -0.15) is 0 Å². The SMILES string of the molecule is CC/C=C\C/C=C\C/C=C\C/C=C\C/C=C\C/C=C\CCC(=O)OC(COCCCCCCCCCC/C=C\C/C=C\CCCCCC)COP(=O)(O)OCC[N+](C)(C)C. The highest BCUT2D eigenvalue weighted by Crippen LogP contribution is 2.43. The number of carbonyl (C=O) groups is 1. The van der Waals surface area contributed by atoms with Crippen LogP contribution in [-0.2, 0) is 27.9 Å². The molecule has 0 aromatic heterocycles. The van der Waals surface area contributed by atoms with Crippen LogP contribution in [0.4, 0.5) is 0 Å². The Hall–Kier alpha value is -2.58. The second-order valence-electron chi connectivity index (χ2n) is 16.4. The third-order valence-corrected chi connectivity index (χ3v) is 10.4. The van der Waals surface area contributed by atoms with Crippen molar-refractivity contribution in [1.29, 1.82) is 0 Å². The van der Waals surface area contributed by atoms with E-state index >= 15 is 0 Å². The smallest absolute Gasteiger partial charge is 0.457 e. The van der Waals surface area contributed by atoms with Gasteiger partial charge in [0, 0.05) is 13.0 Å². The molecule has 0 saturated heterocycles. The van der Waals surface area contributed by atoms with Crippen molar-refractivity contribution in [2.75, 3.05) is 54.1 Å². The Morgan fingerprint density at radius 3 is 1.45 bits per heavy atom. The molecule has 2 unspecified atom stereocenters. The molecule has 1 N–H and O–H groups in total. The Morgan fingerprint density at radius 1 is 0.533 bits per heavy atom. The minimum atomic E-state index is -4.31. The number of quaternary nitrogens is 1. The standard InChI is InChI=1S/C51H88NO7P/c1-6-8-10-12-14-16-18-20-22-24-26-28-30-32-34-36-38-40-42-44-51(53)59-50(49-58-60(54,55)57-47-45-52(3,4)5)48-56-46-43-41-39-37-35-33-31-29-27-25-23-21-19-17-15-13-11-9-7-2/h8,10,14,16-17,19-20,22-23,25-26,28,32,34,38,40,50H,6-7,9,11-13,15,18,21,24,27,29-31,33,35-37,39,41-49H2,1-5H3/p+1/b10-8-,16-14-,19-17-,22-20-,25-23-,28-26-,34-32-,40-38-. The summed E-state index contributed by atoms with van der Waals surface area (Å²) in [6.45, 7) is 5.35. The monoisotopic (exact) mass is 859 g/mol. The number of phosphoric ester groups is 1. The molecule has 0 spiro atoms. The summed E-state index contributed by atoms with van der Waals surface area (Å²) in [5.74, 6) is -0.401. The highest BCUT2D eigenvalue weighted by atomic mass is 31.2. The van der Waals surface area contributed by atoms with Gasteiger partial charge in [0.25, 0.3) is 0 Å². The zero-order chi connectivity index (χ0) is 44.1. The Bertz CT molecular complexity index is 1270. The van der Waals surface area contributed by atoms with E-state index in [0.29, 0.717) is 24.1 Å². The van der Waals surface area contributed by atoms with Crippen LogP contribution in [0.5, 0.6) is 0 Å². The van der Waals surface area contributed by atoms with Crippen LogP contribution in [0, 0.1) is 0 Å². The van der Waals surface area contributed by atoms with Gasteiger partial charge in [-0.1, -0.05) is 169 Å². The van der Waals surface area contributed by atoms with Gasteiger partial charge in [0.1, 0.15) is 19.3 Å². The van der Waals surface area contributed by atoms with Crippen molar-refractivity contribution in [3.05, 3.63) is 97.2 Å². The fraction of sp³-hybridized carbons (Fsp3) is 0.667. The van der Waals surface area contributed by atoms with Crippen molar-refractivity contribution in [3.8, 4) is 0 Å². The molecule has 0 heterocycles. The molecule has 0 aromatic rings. The van der Waals surface area contributed by atoms with Gasteiger partial charge in [-0.25, -0.2) is 4.57 Å². The van der Waals surface area contributed by atoms with Crippen LogP contribution in [0.3, 0.4) is 0 Å². The molecule has 8 nitrogen and oxygen atoms in total. The predicted molar refractivity (Wildman–Crippen MR) is 256 cm³/mol. The number of phosphoric acid groups is 1. The third kappa shape index (κ3) is 46.5. The van der Waals surface area contributed by atoms with Crippen LogP contribution in [0.1, 0.15) is 162 Å². The number of nitrogens with zero attached hydrogens (tertiary/aromatic N) is 1.